The maximum atomic E-state index is 12.4. The molecule has 0 aliphatic carbocycles. The lowest BCUT2D eigenvalue weighted by atomic mass is 9.98. The van der Waals surface area contributed by atoms with Crippen LogP contribution in [0.25, 0.3) is 21.5 Å². The smallest absolute Gasteiger partial charge is 0.282 e. The van der Waals surface area contributed by atoms with E-state index in [1.54, 1.807) is 0 Å². The van der Waals surface area contributed by atoms with E-state index in [-0.39, 0.29) is 21.5 Å². The predicted octanol–water partition coefficient (Wildman–Crippen LogP) is 2.57. The number of hydrogen-bond donors (Lipinski definition) is 4. The third-order valence-electron chi connectivity index (χ3n) is 5.48. The molecular formula is C21H16O12S4. The summed E-state index contributed by atoms with van der Waals surface area (Å²) in [4.78, 5) is -4.94. The molecule has 0 heterocycles. The molecule has 0 atom stereocenters. The van der Waals surface area contributed by atoms with Gasteiger partial charge < -0.3 is 0 Å². The average molecular weight is 589 g/mol. The molecule has 0 amide bonds. The maximum Gasteiger partial charge on any atom is 0.296 e. The standard InChI is InChI=1S/C21H16O12S4/c22-34(23,24)18-14(9-12-5-1-3-7-16(12)20(18)36(28,29)30)11-15-10-13-6-2-4-8-17(13)21(37(31,32)33)19(15)35(25,26)27/h1-10H,11H2,(H,22,23,24)(H,25,26,27)(H,28,29,30)(H,31,32,33). The molecule has 0 saturated heterocycles. The van der Waals surface area contributed by atoms with Gasteiger partial charge in [-0.3, -0.25) is 18.2 Å². The Kier molecular flexibility index (Phi) is 6.45. The Morgan fingerprint density at radius 3 is 1.05 bits per heavy atom. The second kappa shape index (κ2) is 8.81. The Morgan fingerprint density at radius 2 is 0.757 bits per heavy atom. The summed E-state index contributed by atoms with van der Waals surface area (Å²) < 4.78 is 138. The van der Waals surface area contributed by atoms with Gasteiger partial charge in [-0.2, -0.15) is 33.7 Å². The van der Waals surface area contributed by atoms with E-state index in [9.17, 15) is 51.9 Å². The van der Waals surface area contributed by atoms with Crippen LogP contribution in [-0.2, 0) is 46.9 Å². The van der Waals surface area contributed by atoms with Crippen LogP contribution >= 0.6 is 0 Å². The van der Waals surface area contributed by atoms with Gasteiger partial charge >= 0.3 is 0 Å². The summed E-state index contributed by atoms with van der Waals surface area (Å²) in [6.45, 7) is 0. The number of rotatable bonds is 6. The monoisotopic (exact) mass is 588 g/mol. The first-order valence-electron chi connectivity index (χ1n) is 9.90. The van der Waals surface area contributed by atoms with Gasteiger partial charge in [0, 0.05) is 17.2 Å². The zero-order chi connectivity index (χ0) is 27.6. The van der Waals surface area contributed by atoms with Crippen molar-refractivity contribution in [3.05, 3.63) is 71.8 Å². The summed E-state index contributed by atoms with van der Waals surface area (Å²) in [6, 6.07) is 12.7. The van der Waals surface area contributed by atoms with Crippen LogP contribution in [0.1, 0.15) is 11.1 Å². The highest BCUT2D eigenvalue weighted by Crippen LogP contribution is 2.38. The summed E-state index contributed by atoms with van der Waals surface area (Å²) in [5.74, 6) is 0. The van der Waals surface area contributed by atoms with Crippen molar-refractivity contribution in [2.24, 2.45) is 0 Å². The second-order valence-electron chi connectivity index (χ2n) is 7.91. The molecule has 4 N–H and O–H groups in total. The van der Waals surface area contributed by atoms with Gasteiger partial charge in [-0.25, -0.2) is 0 Å². The van der Waals surface area contributed by atoms with Crippen LogP contribution in [0.5, 0.6) is 0 Å². The molecule has 37 heavy (non-hydrogen) atoms. The third-order valence-corrected chi connectivity index (χ3v) is 9.58. The summed E-state index contributed by atoms with van der Waals surface area (Å²) in [6.07, 6.45) is -0.884. The zero-order valence-electron chi connectivity index (χ0n) is 18.2. The molecule has 4 aromatic carbocycles. The Labute approximate surface area is 211 Å². The first kappa shape index (κ1) is 27.1. The molecule has 4 rings (SSSR count). The first-order chi connectivity index (χ1) is 16.9. The quantitative estimate of drug-likeness (QED) is 0.239. The SMILES string of the molecule is O=S(=O)(O)c1c(Cc2cc3ccccc3c(S(=O)(=O)O)c2S(=O)(=O)O)cc2ccccc2c1S(=O)(=O)O. The van der Waals surface area contributed by atoms with Crippen LogP contribution in [0.2, 0.25) is 0 Å². The van der Waals surface area contributed by atoms with E-state index in [1.165, 1.54) is 36.4 Å². The molecule has 0 saturated carbocycles. The fourth-order valence-corrected chi connectivity index (χ4v) is 8.78. The van der Waals surface area contributed by atoms with Crippen molar-refractivity contribution in [1.82, 2.24) is 0 Å². The van der Waals surface area contributed by atoms with Gasteiger partial charge in [-0.1, -0.05) is 48.5 Å². The van der Waals surface area contributed by atoms with Crippen molar-refractivity contribution in [1.29, 1.82) is 0 Å². The zero-order valence-corrected chi connectivity index (χ0v) is 21.4. The molecule has 16 heteroatoms. The largest absolute Gasteiger partial charge is 0.296 e. The molecular weight excluding hydrogens is 572 g/mol. The van der Waals surface area contributed by atoms with Gasteiger partial charge in [-0.15, -0.1) is 0 Å². The molecule has 0 spiro atoms. The predicted molar refractivity (Wildman–Crippen MR) is 130 cm³/mol. The van der Waals surface area contributed by atoms with Crippen LogP contribution in [0.15, 0.2) is 80.2 Å². The van der Waals surface area contributed by atoms with E-state index in [4.69, 9.17) is 0 Å². The molecule has 4 aromatic rings. The fraction of sp³-hybridized carbons (Fsp3) is 0.0476. The lowest BCUT2D eigenvalue weighted by molar-refractivity contribution is 0.465. The lowest BCUT2D eigenvalue weighted by Crippen LogP contribution is -2.15. The molecule has 12 nitrogen and oxygen atoms in total. The molecule has 0 aromatic heterocycles. The molecule has 0 bridgehead atoms. The minimum absolute atomic E-state index is 0.0572. The van der Waals surface area contributed by atoms with Crippen molar-refractivity contribution >= 4 is 62.0 Å². The second-order valence-corrected chi connectivity index (χ2v) is 13.3. The van der Waals surface area contributed by atoms with Crippen molar-refractivity contribution in [3.8, 4) is 0 Å². The molecule has 196 valence electrons. The van der Waals surface area contributed by atoms with Crippen LogP contribution < -0.4 is 0 Å². The van der Waals surface area contributed by atoms with Crippen molar-refractivity contribution in [2.75, 3.05) is 0 Å². The maximum absolute atomic E-state index is 12.4. The first-order valence-corrected chi connectivity index (χ1v) is 15.7. The van der Waals surface area contributed by atoms with E-state index in [0.717, 1.165) is 24.3 Å². The van der Waals surface area contributed by atoms with Gasteiger partial charge in [0.2, 0.25) is 0 Å². The molecule has 0 unspecified atom stereocenters. The molecule has 0 aliphatic rings. The van der Waals surface area contributed by atoms with Gasteiger partial charge in [0.1, 0.15) is 19.6 Å². The van der Waals surface area contributed by atoms with Gasteiger partial charge in [0.05, 0.1) is 0 Å². The van der Waals surface area contributed by atoms with E-state index in [0.29, 0.717) is 0 Å². The van der Waals surface area contributed by atoms with Crippen molar-refractivity contribution in [2.45, 2.75) is 26.0 Å². The van der Waals surface area contributed by atoms with Gasteiger partial charge in [0.15, 0.2) is 0 Å². The highest BCUT2D eigenvalue weighted by atomic mass is 32.2. The average Bonchev–Trinajstić information content (AvgIpc) is 2.74. The minimum atomic E-state index is -5.41. The van der Waals surface area contributed by atoms with Crippen LogP contribution in [0.3, 0.4) is 0 Å². The number of benzene rings is 4. The molecule has 0 radical (unpaired) electrons. The van der Waals surface area contributed by atoms with E-state index in [1.807, 2.05) is 0 Å². The minimum Gasteiger partial charge on any atom is -0.282 e. The van der Waals surface area contributed by atoms with E-state index < -0.39 is 77.6 Å². The van der Waals surface area contributed by atoms with E-state index >= 15 is 0 Å². The Hall–Kier alpha value is -2.96. The van der Waals surface area contributed by atoms with Crippen LogP contribution in [0, 0.1) is 0 Å². The summed E-state index contributed by atoms with van der Waals surface area (Å²) >= 11 is 0. The van der Waals surface area contributed by atoms with Crippen LogP contribution in [0.4, 0.5) is 0 Å². The Morgan fingerprint density at radius 1 is 0.459 bits per heavy atom. The van der Waals surface area contributed by atoms with Crippen molar-refractivity contribution < 1.29 is 51.9 Å². The Bertz CT molecular complexity index is 1900. The summed E-state index contributed by atoms with van der Waals surface area (Å²) in [7, 11) is -21.4. The third kappa shape index (κ3) is 5.10. The Balaban J connectivity index is 2.22. The van der Waals surface area contributed by atoms with Crippen LogP contribution in [-0.4, -0.2) is 51.9 Å². The summed E-state index contributed by atoms with van der Waals surface area (Å²) in [5, 5.41) is -0.453. The topological polar surface area (TPSA) is 217 Å². The highest BCUT2D eigenvalue weighted by Gasteiger charge is 2.34. The summed E-state index contributed by atoms with van der Waals surface area (Å²) in [5.41, 5.74) is -1.12. The van der Waals surface area contributed by atoms with Gasteiger partial charge in [0.25, 0.3) is 40.5 Å². The molecule has 0 fully saturated rings. The normalized spacial score (nSPS) is 13.3. The van der Waals surface area contributed by atoms with Crippen molar-refractivity contribution in [3.63, 3.8) is 0 Å². The van der Waals surface area contributed by atoms with Gasteiger partial charge in [-0.05, 0) is 34.0 Å². The number of fused-ring (bicyclic) bond motifs is 2. The van der Waals surface area contributed by atoms with E-state index in [2.05, 4.69) is 0 Å². The fourth-order valence-electron chi connectivity index (χ4n) is 4.25. The highest BCUT2D eigenvalue weighted by molar-refractivity contribution is 7.89. The molecule has 0 aliphatic heterocycles. The number of hydrogen-bond acceptors (Lipinski definition) is 8. The lowest BCUT2D eigenvalue weighted by Gasteiger charge is -2.17.